The second-order valence-electron chi connectivity index (χ2n) is 6.53. The van der Waals surface area contributed by atoms with Crippen molar-refractivity contribution < 1.29 is 0 Å². The maximum absolute atomic E-state index is 6.59. The van der Waals surface area contributed by atoms with Crippen LogP contribution in [0, 0.1) is 47.3 Å². The molecule has 7 aliphatic rings. The summed E-state index contributed by atoms with van der Waals surface area (Å²) in [7, 11) is 0. The van der Waals surface area contributed by atoms with Crippen LogP contribution in [-0.4, -0.2) is 11.7 Å². The average molecular weight is 174 g/mol. The molecule has 0 amide bonds. The number of hydrogen-bond acceptors (Lipinski definition) is 2. The van der Waals surface area contributed by atoms with E-state index in [4.69, 9.17) is 5.73 Å². The summed E-state index contributed by atoms with van der Waals surface area (Å²) < 4.78 is 0. The van der Waals surface area contributed by atoms with Crippen molar-refractivity contribution in [2.75, 3.05) is 0 Å². The van der Waals surface area contributed by atoms with E-state index in [0.29, 0.717) is 0 Å². The first-order valence-corrected chi connectivity index (χ1v) is 5.89. The smallest absolute Gasteiger partial charge is 0.0734 e. The Hall–Kier alpha value is -0.0800. The molecule has 2 nitrogen and oxygen atoms in total. The Morgan fingerprint density at radius 3 is 2.85 bits per heavy atom. The maximum Gasteiger partial charge on any atom is 0.0734 e. The fourth-order valence-corrected chi connectivity index (χ4v) is 7.36. The SMILES string of the molecule is NC12NC3C4C5CC(C6C5C3C61)C42. The molecule has 3 N–H and O–H groups in total. The van der Waals surface area contributed by atoms with E-state index in [1.807, 2.05) is 0 Å². The van der Waals surface area contributed by atoms with Gasteiger partial charge in [0.25, 0.3) is 0 Å². The summed E-state index contributed by atoms with van der Waals surface area (Å²) in [5, 5.41) is 3.79. The quantitative estimate of drug-likeness (QED) is 0.542. The van der Waals surface area contributed by atoms with Crippen LogP contribution in [0.1, 0.15) is 6.42 Å². The molecule has 5 aliphatic carbocycles. The van der Waals surface area contributed by atoms with E-state index < -0.39 is 0 Å². The fraction of sp³-hybridized carbons (Fsp3) is 1.00. The van der Waals surface area contributed by atoms with Crippen LogP contribution in [0.25, 0.3) is 0 Å². The van der Waals surface area contributed by atoms with Crippen LogP contribution in [0.2, 0.25) is 0 Å². The van der Waals surface area contributed by atoms with Crippen molar-refractivity contribution in [2.45, 2.75) is 18.1 Å². The van der Waals surface area contributed by atoms with Gasteiger partial charge in [-0.2, -0.15) is 0 Å². The van der Waals surface area contributed by atoms with Crippen LogP contribution in [0.4, 0.5) is 0 Å². The van der Waals surface area contributed by atoms with E-state index in [2.05, 4.69) is 5.32 Å². The summed E-state index contributed by atoms with van der Waals surface area (Å²) in [6.45, 7) is 0. The predicted molar refractivity (Wildman–Crippen MR) is 46.4 cm³/mol. The molecule has 0 aromatic heterocycles. The van der Waals surface area contributed by atoms with Crippen molar-refractivity contribution in [1.82, 2.24) is 5.32 Å². The molecule has 2 saturated heterocycles. The second kappa shape index (κ2) is 1.17. The van der Waals surface area contributed by atoms with E-state index in [1.54, 1.807) is 6.42 Å². The van der Waals surface area contributed by atoms with Crippen LogP contribution in [0.5, 0.6) is 0 Å². The third-order valence-corrected chi connectivity index (χ3v) is 6.97. The Kier molecular flexibility index (Phi) is 0.513. The highest BCUT2D eigenvalue weighted by Gasteiger charge is 2.90. The predicted octanol–water partition coefficient (Wildman–Crippen LogP) is 0.000900. The van der Waals surface area contributed by atoms with Crippen molar-refractivity contribution >= 4 is 0 Å². The maximum atomic E-state index is 6.59. The van der Waals surface area contributed by atoms with Crippen LogP contribution < -0.4 is 11.1 Å². The fourth-order valence-electron chi connectivity index (χ4n) is 7.36. The molecule has 2 heterocycles. The third-order valence-electron chi connectivity index (χ3n) is 6.97. The van der Waals surface area contributed by atoms with Gasteiger partial charge in [-0.1, -0.05) is 0 Å². The lowest BCUT2D eigenvalue weighted by Gasteiger charge is -2.45. The lowest BCUT2D eigenvalue weighted by molar-refractivity contribution is 0.0217. The van der Waals surface area contributed by atoms with Gasteiger partial charge in [-0.15, -0.1) is 0 Å². The van der Waals surface area contributed by atoms with Crippen molar-refractivity contribution in [1.29, 1.82) is 0 Å². The summed E-state index contributed by atoms with van der Waals surface area (Å²) in [5.41, 5.74) is 6.73. The van der Waals surface area contributed by atoms with Crippen LogP contribution in [0.3, 0.4) is 0 Å². The molecule has 10 unspecified atom stereocenters. The highest BCUT2D eigenvalue weighted by molar-refractivity contribution is 5.41. The Bertz CT molecular complexity index is 354. The highest BCUT2D eigenvalue weighted by atomic mass is 15.3. The van der Waals surface area contributed by atoms with E-state index in [0.717, 1.165) is 53.4 Å². The standard InChI is InChI=1S/C11H14N2/c12-11-8-3-1-2-4-5(3)9(11)7(4)10(13-11)6(2)8/h2-10,13H,1,12H2. The minimum atomic E-state index is 0.136. The molecule has 0 aromatic rings. The van der Waals surface area contributed by atoms with Gasteiger partial charge in [0.1, 0.15) is 0 Å². The molecule has 13 heavy (non-hydrogen) atoms. The molecular formula is C11H14N2. The number of rotatable bonds is 0. The Morgan fingerprint density at radius 2 is 1.92 bits per heavy atom. The Morgan fingerprint density at radius 1 is 1.00 bits per heavy atom. The third kappa shape index (κ3) is 0.278. The molecule has 2 aliphatic heterocycles. The average Bonchev–Trinajstić information content (AvgIpc) is 2.58. The first kappa shape index (κ1) is 5.72. The lowest BCUT2D eigenvalue weighted by Crippen LogP contribution is -2.56. The molecule has 2 heteroatoms. The lowest BCUT2D eigenvalue weighted by atomic mass is 9.59. The first-order chi connectivity index (χ1) is 6.32. The van der Waals surface area contributed by atoms with Crippen LogP contribution >= 0.6 is 0 Å². The normalized spacial score (nSPS) is 93.5. The Labute approximate surface area is 77.2 Å². The second-order valence-corrected chi connectivity index (χ2v) is 6.53. The van der Waals surface area contributed by atoms with Gasteiger partial charge < -0.3 is 5.73 Å². The van der Waals surface area contributed by atoms with Crippen molar-refractivity contribution in [3.8, 4) is 0 Å². The van der Waals surface area contributed by atoms with Crippen molar-refractivity contribution in [3.63, 3.8) is 0 Å². The van der Waals surface area contributed by atoms with Gasteiger partial charge in [-0.05, 0) is 53.8 Å². The number of hydrogen-bond donors (Lipinski definition) is 2. The molecular weight excluding hydrogens is 160 g/mol. The molecule has 68 valence electrons. The van der Waals surface area contributed by atoms with Gasteiger partial charge in [-0.25, -0.2) is 0 Å². The first-order valence-electron chi connectivity index (χ1n) is 5.89. The molecule has 5 saturated carbocycles. The highest BCUT2D eigenvalue weighted by Crippen LogP contribution is 2.87. The molecule has 7 fully saturated rings. The van der Waals surface area contributed by atoms with E-state index in [-0.39, 0.29) is 5.66 Å². The van der Waals surface area contributed by atoms with Gasteiger partial charge in [0, 0.05) is 6.04 Å². The van der Waals surface area contributed by atoms with E-state index >= 15 is 0 Å². The summed E-state index contributed by atoms with van der Waals surface area (Å²) in [5.74, 6) is 8.29. The van der Waals surface area contributed by atoms with E-state index in [1.165, 1.54) is 0 Å². The van der Waals surface area contributed by atoms with Crippen molar-refractivity contribution in [3.05, 3.63) is 0 Å². The van der Waals surface area contributed by atoms with Crippen molar-refractivity contribution in [2.24, 2.45) is 53.1 Å². The van der Waals surface area contributed by atoms with Gasteiger partial charge in [0.2, 0.25) is 0 Å². The topological polar surface area (TPSA) is 38.0 Å². The summed E-state index contributed by atoms with van der Waals surface area (Å²) in [4.78, 5) is 0. The van der Waals surface area contributed by atoms with Gasteiger partial charge >= 0.3 is 0 Å². The molecule has 0 spiro atoms. The van der Waals surface area contributed by atoms with Crippen LogP contribution in [0.15, 0.2) is 0 Å². The number of nitrogens with one attached hydrogen (secondary N) is 1. The zero-order valence-electron chi connectivity index (χ0n) is 7.48. The molecule has 4 bridgehead atoms. The summed E-state index contributed by atoms with van der Waals surface area (Å²) in [6.07, 6.45) is 1.56. The molecule has 10 atom stereocenters. The molecule has 7 rings (SSSR count). The zero-order chi connectivity index (χ0) is 8.11. The monoisotopic (exact) mass is 174 g/mol. The van der Waals surface area contributed by atoms with Gasteiger partial charge in [0.15, 0.2) is 0 Å². The minimum absolute atomic E-state index is 0.136. The summed E-state index contributed by atoms with van der Waals surface area (Å²) >= 11 is 0. The summed E-state index contributed by atoms with van der Waals surface area (Å²) in [6, 6.07) is 0.874. The number of nitrogens with two attached hydrogens (primary N) is 1. The van der Waals surface area contributed by atoms with Crippen LogP contribution in [-0.2, 0) is 0 Å². The molecule has 0 aromatic carbocycles. The van der Waals surface area contributed by atoms with Gasteiger partial charge in [-0.3, -0.25) is 5.32 Å². The minimum Gasteiger partial charge on any atom is -0.313 e. The largest absolute Gasteiger partial charge is 0.313 e. The van der Waals surface area contributed by atoms with Gasteiger partial charge in [0.05, 0.1) is 5.66 Å². The van der Waals surface area contributed by atoms with E-state index in [9.17, 15) is 0 Å². The Balaban J connectivity index is 1.84. The zero-order valence-corrected chi connectivity index (χ0v) is 7.48. The molecule has 0 radical (unpaired) electrons.